The molecule has 1 saturated heterocycles. The van der Waals surface area contributed by atoms with Crippen molar-refractivity contribution in [1.82, 2.24) is 19.9 Å². The second-order valence-electron chi connectivity index (χ2n) is 8.89. The number of halogens is 1. The monoisotopic (exact) mass is 423 g/mol. The van der Waals surface area contributed by atoms with Gasteiger partial charge in [-0.1, -0.05) is 0 Å². The lowest BCUT2D eigenvalue weighted by atomic mass is 10.0. The molecule has 3 aromatic rings. The van der Waals surface area contributed by atoms with E-state index in [9.17, 15) is 9.18 Å². The van der Waals surface area contributed by atoms with Crippen LogP contribution in [-0.2, 0) is 6.42 Å². The normalized spacial score (nSPS) is 17.8. The zero-order chi connectivity index (χ0) is 21.8. The van der Waals surface area contributed by atoms with Gasteiger partial charge >= 0.3 is 6.03 Å². The van der Waals surface area contributed by atoms with Gasteiger partial charge in [0, 0.05) is 49.2 Å². The van der Waals surface area contributed by atoms with Crippen LogP contribution in [-0.4, -0.2) is 52.3 Å². The second kappa shape index (κ2) is 7.19. The first-order chi connectivity index (χ1) is 14.8. The third-order valence-electron chi connectivity index (χ3n) is 5.92. The lowest BCUT2D eigenvalue weighted by molar-refractivity contribution is 0.257. The molecule has 0 bridgehead atoms. The highest BCUT2D eigenvalue weighted by Gasteiger charge is 2.32. The Morgan fingerprint density at radius 2 is 2.13 bits per heavy atom. The maximum Gasteiger partial charge on any atom is 0.327 e. The van der Waals surface area contributed by atoms with Crippen molar-refractivity contribution in [3.05, 3.63) is 47.7 Å². The molecule has 0 atom stereocenters. The van der Waals surface area contributed by atoms with Gasteiger partial charge in [0.1, 0.15) is 5.82 Å². The van der Waals surface area contributed by atoms with Crippen LogP contribution < -0.4 is 20.4 Å². The largest absolute Gasteiger partial charge is 0.368 e. The van der Waals surface area contributed by atoms with Crippen molar-refractivity contribution in [3.8, 4) is 0 Å². The molecule has 0 radical (unpaired) electrons. The number of carbonyl (C=O) groups is 1. The van der Waals surface area contributed by atoms with Gasteiger partial charge in [0.15, 0.2) is 5.82 Å². The van der Waals surface area contributed by atoms with Crippen LogP contribution in [0.25, 0.3) is 5.52 Å². The lowest BCUT2D eigenvalue weighted by Crippen LogP contribution is -2.57. The summed E-state index contributed by atoms with van der Waals surface area (Å²) >= 11 is 0. The van der Waals surface area contributed by atoms with Crippen molar-refractivity contribution in [2.75, 3.05) is 41.3 Å². The fourth-order valence-electron chi connectivity index (χ4n) is 4.53. The number of aromatic nitrogens is 3. The summed E-state index contributed by atoms with van der Waals surface area (Å²) in [6, 6.07) is 5.07. The van der Waals surface area contributed by atoms with E-state index in [4.69, 9.17) is 0 Å². The van der Waals surface area contributed by atoms with E-state index in [1.807, 2.05) is 19.1 Å². The van der Waals surface area contributed by atoms with Crippen LogP contribution in [0.3, 0.4) is 0 Å². The molecule has 0 saturated carbocycles. The number of amides is 2. The smallest absolute Gasteiger partial charge is 0.327 e. The predicted molar refractivity (Wildman–Crippen MR) is 118 cm³/mol. The summed E-state index contributed by atoms with van der Waals surface area (Å²) < 4.78 is 16.0. The first-order valence-electron chi connectivity index (χ1n) is 10.5. The molecule has 162 valence electrons. The first kappa shape index (κ1) is 19.7. The summed E-state index contributed by atoms with van der Waals surface area (Å²) in [6.07, 6.45) is 3.74. The average Bonchev–Trinajstić information content (AvgIpc) is 3.29. The Morgan fingerprint density at radius 1 is 1.29 bits per heavy atom. The molecule has 0 aromatic carbocycles. The van der Waals surface area contributed by atoms with E-state index in [-0.39, 0.29) is 17.3 Å². The van der Waals surface area contributed by atoms with Crippen molar-refractivity contribution < 1.29 is 9.18 Å². The van der Waals surface area contributed by atoms with Crippen LogP contribution in [0.4, 0.5) is 26.4 Å². The molecule has 9 heteroatoms. The van der Waals surface area contributed by atoms with Crippen molar-refractivity contribution in [2.45, 2.75) is 32.7 Å². The number of aryl methyl sites for hydroxylation is 1. The van der Waals surface area contributed by atoms with E-state index in [2.05, 4.69) is 39.5 Å². The number of rotatable bonds is 2. The number of carbonyl (C=O) groups excluding carboxylic acids is 1. The Morgan fingerprint density at radius 3 is 2.94 bits per heavy atom. The van der Waals surface area contributed by atoms with Crippen LogP contribution in [0, 0.1) is 12.7 Å². The molecule has 0 aliphatic carbocycles. The van der Waals surface area contributed by atoms with Gasteiger partial charge in [-0.25, -0.2) is 18.7 Å². The Hall–Kier alpha value is -3.20. The minimum atomic E-state index is -0.534. The van der Waals surface area contributed by atoms with Crippen LogP contribution in [0.5, 0.6) is 0 Å². The van der Waals surface area contributed by atoms with E-state index in [0.717, 1.165) is 48.5 Å². The van der Waals surface area contributed by atoms with E-state index in [0.29, 0.717) is 12.4 Å². The van der Waals surface area contributed by atoms with Gasteiger partial charge in [-0.2, -0.15) is 5.10 Å². The molecule has 8 nitrogen and oxygen atoms in total. The number of pyridine rings is 2. The molecule has 2 amide bonds. The number of nitrogens with one attached hydrogen (secondary N) is 2. The Kier molecular flexibility index (Phi) is 4.58. The Balaban J connectivity index is 1.40. The highest BCUT2D eigenvalue weighted by molar-refractivity contribution is 6.03. The van der Waals surface area contributed by atoms with Crippen molar-refractivity contribution >= 4 is 28.7 Å². The molecular formula is C22H26FN7O. The molecule has 5 heterocycles. The molecule has 1 fully saturated rings. The number of urea groups is 1. The van der Waals surface area contributed by atoms with Crippen LogP contribution in [0.2, 0.25) is 0 Å². The molecule has 5 rings (SSSR count). The maximum atomic E-state index is 14.5. The molecular weight excluding hydrogens is 397 g/mol. The average molecular weight is 423 g/mol. The minimum Gasteiger partial charge on any atom is -0.368 e. The molecule has 3 aromatic heterocycles. The third-order valence-corrected chi connectivity index (χ3v) is 5.92. The summed E-state index contributed by atoms with van der Waals surface area (Å²) in [5.41, 5.74) is 3.84. The molecule has 2 N–H and O–H groups in total. The minimum absolute atomic E-state index is 0.0201. The summed E-state index contributed by atoms with van der Waals surface area (Å²) in [7, 11) is 0. The zero-order valence-corrected chi connectivity index (χ0v) is 17.9. The quantitative estimate of drug-likeness (QED) is 0.663. The van der Waals surface area contributed by atoms with Crippen LogP contribution in [0.1, 0.15) is 25.1 Å². The van der Waals surface area contributed by atoms with Gasteiger partial charge in [-0.3, -0.25) is 4.90 Å². The first-order valence-corrected chi connectivity index (χ1v) is 10.5. The van der Waals surface area contributed by atoms with E-state index in [1.165, 1.54) is 10.7 Å². The number of nitrogens with zero attached hydrogens (tertiary/aromatic N) is 5. The van der Waals surface area contributed by atoms with Gasteiger partial charge in [0.2, 0.25) is 0 Å². The van der Waals surface area contributed by atoms with Crippen molar-refractivity contribution in [2.24, 2.45) is 0 Å². The standard InChI is InChI=1S/C22H26FN7O/c1-14-10-15-11-18(17(23)12-30(15)27-14)26-21(31)29-8-5-16-19(4-6-24-20(16)29)28-9-7-25-22(2,3)13-28/h4,6,10-12,25H,5,7-9,13H2,1-3H3,(H,26,31). The van der Waals surface area contributed by atoms with Gasteiger partial charge in [-0.05, 0) is 45.4 Å². The molecule has 0 spiro atoms. The molecule has 2 aliphatic heterocycles. The summed E-state index contributed by atoms with van der Waals surface area (Å²) in [5.74, 6) is 0.112. The maximum absolute atomic E-state index is 14.5. The molecule has 0 unspecified atom stereocenters. The Labute approximate surface area is 180 Å². The summed E-state index contributed by atoms with van der Waals surface area (Å²) in [6.45, 7) is 9.42. The van der Waals surface area contributed by atoms with Crippen molar-refractivity contribution in [1.29, 1.82) is 0 Å². The number of hydrogen-bond acceptors (Lipinski definition) is 5. The second-order valence-corrected chi connectivity index (χ2v) is 8.89. The Bertz CT molecular complexity index is 1170. The third kappa shape index (κ3) is 3.59. The zero-order valence-electron chi connectivity index (χ0n) is 17.9. The van der Waals surface area contributed by atoms with Crippen LogP contribution in [0.15, 0.2) is 30.6 Å². The predicted octanol–water partition coefficient (Wildman–Crippen LogP) is 2.96. The van der Waals surface area contributed by atoms with Gasteiger partial charge in [-0.15, -0.1) is 0 Å². The number of fused-ring (bicyclic) bond motifs is 2. The van der Waals surface area contributed by atoms with E-state index in [1.54, 1.807) is 17.2 Å². The molecule has 2 aliphatic rings. The molecule has 31 heavy (non-hydrogen) atoms. The number of anilines is 3. The fourth-order valence-corrected chi connectivity index (χ4v) is 4.53. The fraction of sp³-hybridized carbons (Fsp3) is 0.409. The topological polar surface area (TPSA) is 77.8 Å². The van der Waals surface area contributed by atoms with Crippen molar-refractivity contribution in [3.63, 3.8) is 0 Å². The van der Waals surface area contributed by atoms with Gasteiger partial charge in [0.25, 0.3) is 0 Å². The highest BCUT2D eigenvalue weighted by atomic mass is 19.1. The number of hydrogen-bond donors (Lipinski definition) is 2. The number of piperazine rings is 1. The SMILES string of the molecule is Cc1cc2cc(NC(=O)N3CCc4c(N5CCNC(C)(C)C5)ccnc43)c(F)cn2n1. The lowest BCUT2D eigenvalue weighted by Gasteiger charge is -2.41. The highest BCUT2D eigenvalue weighted by Crippen LogP contribution is 2.35. The van der Waals surface area contributed by atoms with E-state index < -0.39 is 5.82 Å². The van der Waals surface area contributed by atoms with Gasteiger partial charge in [0.05, 0.1) is 23.1 Å². The van der Waals surface area contributed by atoms with E-state index >= 15 is 0 Å². The summed E-state index contributed by atoms with van der Waals surface area (Å²) in [4.78, 5) is 21.5. The summed E-state index contributed by atoms with van der Waals surface area (Å²) in [5, 5.41) is 10.4. The van der Waals surface area contributed by atoms with Gasteiger partial charge < -0.3 is 15.5 Å². The van der Waals surface area contributed by atoms with Crippen LogP contribution >= 0.6 is 0 Å².